The van der Waals surface area contributed by atoms with Crippen LogP contribution in [0.25, 0.3) is 0 Å². The normalized spacial score (nSPS) is 12.1. The van der Waals surface area contributed by atoms with Crippen molar-refractivity contribution in [1.29, 1.82) is 0 Å². The average Bonchev–Trinajstić information content (AvgIpc) is 2.28. The zero-order chi connectivity index (χ0) is 13.6. The van der Waals surface area contributed by atoms with E-state index in [1.54, 1.807) is 6.08 Å². The van der Waals surface area contributed by atoms with E-state index in [2.05, 4.69) is 26.1 Å². The fraction of sp³-hybridized carbons (Fsp3) is 0.429. The van der Waals surface area contributed by atoms with Gasteiger partial charge in [0.2, 0.25) is 0 Å². The van der Waals surface area contributed by atoms with Gasteiger partial charge in [-0.1, -0.05) is 29.3 Å². The molecule has 1 N–H and O–H groups in total. The summed E-state index contributed by atoms with van der Waals surface area (Å²) in [7, 11) is 0. The molecule has 100 valence electrons. The highest BCUT2D eigenvalue weighted by molar-refractivity contribution is 6.32. The lowest BCUT2D eigenvalue weighted by atomic mass is 10.1. The van der Waals surface area contributed by atoms with Crippen LogP contribution >= 0.6 is 23.2 Å². The van der Waals surface area contributed by atoms with Gasteiger partial charge in [-0.15, -0.1) is 0 Å². The third kappa shape index (κ3) is 5.76. The van der Waals surface area contributed by atoms with Gasteiger partial charge in [0.05, 0.1) is 5.02 Å². The van der Waals surface area contributed by atoms with E-state index in [9.17, 15) is 0 Å². The SMILES string of the molecule is CC(C)(C)NCc1ccc(OCC=CCl)c(Cl)c1. The first-order valence-electron chi connectivity index (χ1n) is 5.84. The van der Waals surface area contributed by atoms with Gasteiger partial charge in [0.15, 0.2) is 0 Å². The Kier molecular flexibility index (Phi) is 6.00. The van der Waals surface area contributed by atoms with Gasteiger partial charge in [-0.2, -0.15) is 0 Å². The summed E-state index contributed by atoms with van der Waals surface area (Å²) in [6.45, 7) is 7.59. The van der Waals surface area contributed by atoms with Crippen LogP contribution in [0.3, 0.4) is 0 Å². The minimum Gasteiger partial charge on any atom is -0.488 e. The third-order valence-electron chi connectivity index (χ3n) is 2.24. The second-order valence-corrected chi connectivity index (χ2v) is 5.70. The molecular formula is C14H19Cl2NO. The molecule has 0 unspecified atom stereocenters. The zero-order valence-electron chi connectivity index (χ0n) is 11.0. The summed E-state index contributed by atoms with van der Waals surface area (Å²) >= 11 is 11.6. The van der Waals surface area contributed by atoms with E-state index in [1.807, 2.05) is 18.2 Å². The lowest BCUT2D eigenvalue weighted by Crippen LogP contribution is -2.35. The Hall–Kier alpha value is -0.700. The second-order valence-electron chi connectivity index (χ2n) is 5.04. The molecule has 1 rings (SSSR count). The molecule has 4 heteroatoms. The molecule has 0 spiro atoms. The predicted octanol–water partition coefficient (Wildman–Crippen LogP) is 4.36. The largest absolute Gasteiger partial charge is 0.488 e. The summed E-state index contributed by atoms with van der Waals surface area (Å²) in [6.07, 6.45) is 1.72. The topological polar surface area (TPSA) is 21.3 Å². The molecular weight excluding hydrogens is 269 g/mol. The van der Waals surface area contributed by atoms with Crippen LogP contribution in [0, 0.1) is 0 Å². The molecule has 0 aromatic heterocycles. The van der Waals surface area contributed by atoms with Crippen LogP contribution in [0.5, 0.6) is 5.75 Å². The Labute approximate surface area is 119 Å². The van der Waals surface area contributed by atoms with Crippen molar-refractivity contribution >= 4 is 23.2 Å². The lowest BCUT2D eigenvalue weighted by molar-refractivity contribution is 0.363. The Morgan fingerprint density at radius 1 is 1.33 bits per heavy atom. The minimum absolute atomic E-state index is 0.0901. The quantitative estimate of drug-likeness (QED) is 0.869. The molecule has 0 aliphatic carbocycles. The molecule has 0 aliphatic rings. The molecule has 0 atom stereocenters. The summed E-state index contributed by atoms with van der Waals surface area (Å²) in [5, 5.41) is 4.03. The van der Waals surface area contributed by atoms with Gasteiger partial charge in [-0.05, 0) is 44.5 Å². The molecule has 0 aliphatic heterocycles. The highest BCUT2D eigenvalue weighted by atomic mass is 35.5. The molecule has 0 saturated heterocycles. The molecule has 0 radical (unpaired) electrons. The summed E-state index contributed by atoms with van der Waals surface area (Å²) in [4.78, 5) is 0. The molecule has 0 bridgehead atoms. The maximum Gasteiger partial charge on any atom is 0.138 e. The number of benzene rings is 1. The highest BCUT2D eigenvalue weighted by Crippen LogP contribution is 2.25. The molecule has 0 fully saturated rings. The van der Waals surface area contributed by atoms with E-state index in [0.29, 0.717) is 17.4 Å². The van der Waals surface area contributed by atoms with Gasteiger partial charge in [0.25, 0.3) is 0 Å². The molecule has 0 heterocycles. The molecule has 18 heavy (non-hydrogen) atoms. The first kappa shape index (κ1) is 15.4. The van der Waals surface area contributed by atoms with E-state index in [1.165, 1.54) is 5.54 Å². The summed E-state index contributed by atoms with van der Waals surface area (Å²) in [5.74, 6) is 0.672. The van der Waals surface area contributed by atoms with Crippen molar-refractivity contribution in [3.63, 3.8) is 0 Å². The van der Waals surface area contributed by atoms with Crippen LogP contribution in [0.1, 0.15) is 26.3 Å². The van der Waals surface area contributed by atoms with Crippen LogP contribution in [0.4, 0.5) is 0 Å². The Balaban J connectivity index is 2.61. The molecule has 1 aromatic carbocycles. The van der Waals surface area contributed by atoms with Crippen molar-refractivity contribution < 1.29 is 4.74 Å². The second kappa shape index (κ2) is 7.03. The maximum absolute atomic E-state index is 6.15. The van der Waals surface area contributed by atoms with Crippen molar-refractivity contribution in [1.82, 2.24) is 5.32 Å². The van der Waals surface area contributed by atoms with Crippen LogP contribution in [0.15, 0.2) is 29.8 Å². The summed E-state index contributed by atoms with van der Waals surface area (Å²) < 4.78 is 5.45. The fourth-order valence-electron chi connectivity index (χ4n) is 1.31. The van der Waals surface area contributed by atoms with Gasteiger partial charge in [-0.3, -0.25) is 0 Å². The van der Waals surface area contributed by atoms with Crippen molar-refractivity contribution in [3.05, 3.63) is 40.4 Å². The number of ether oxygens (including phenoxy) is 1. The number of rotatable bonds is 5. The summed E-state index contributed by atoms with van der Waals surface area (Å²) in [6, 6.07) is 5.80. The molecule has 2 nitrogen and oxygen atoms in total. The van der Waals surface area contributed by atoms with Crippen LogP contribution in [-0.4, -0.2) is 12.1 Å². The minimum atomic E-state index is 0.0901. The first-order valence-corrected chi connectivity index (χ1v) is 6.65. The Morgan fingerprint density at radius 2 is 2.06 bits per heavy atom. The lowest BCUT2D eigenvalue weighted by Gasteiger charge is -2.20. The zero-order valence-corrected chi connectivity index (χ0v) is 12.5. The molecule has 0 saturated carbocycles. The number of hydrogen-bond donors (Lipinski definition) is 1. The van der Waals surface area contributed by atoms with Gasteiger partial charge in [0, 0.05) is 17.6 Å². The first-order chi connectivity index (χ1) is 8.42. The van der Waals surface area contributed by atoms with Crippen LogP contribution < -0.4 is 10.1 Å². The van der Waals surface area contributed by atoms with Gasteiger partial charge in [-0.25, -0.2) is 0 Å². The van der Waals surface area contributed by atoms with E-state index in [-0.39, 0.29) is 5.54 Å². The third-order valence-corrected chi connectivity index (χ3v) is 2.72. The maximum atomic E-state index is 6.15. The van der Waals surface area contributed by atoms with E-state index >= 15 is 0 Å². The van der Waals surface area contributed by atoms with Crippen molar-refractivity contribution in [2.75, 3.05) is 6.61 Å². The van der Waals surface area contributed by atoms with Crippen LogP contribution in [0.2, 0.25) is 5.02 Å². The number of nitrogens with one attached hydrogen (secondary N) is 1. The van der Waals surface area contributed by atoms with E-state index < -0.39 is 0 Å². The predicted molar refractivity (Wildman–Crippen MR) is 78.5 cm³/mol. The van der Waals surface area contributed by atoms with Gasteiger partial charge >= 0.3 is 0 Å². The fourth-order valence-corrected chi connectivity index (χ4v) is 1.64. The van der Waals surface area contributed by atoms with Crippen molar-refractivity contribution in [2.45, 2.75) is 32.9 Å². The molecule has 1 aromatic rings. The Bertz CT molecular complexity index is 411. The monoisotopic (exact) mass is 287 g/mol. The number of hydrogen-bond acceptors (Lipinski definition) is 2. The van der Waals surface area contributed by atoms with Gasteiger partial charge < -0.3 is 10.1 Å². The molecule has 0 amide bonds. The smallest absolute Gasteiger partial charge is 0.138 e. The highest BCUT2D eigenvalue weighted by Gasteiger charge is 2.09. The average molecular weight is 288 g/mol. The van der Waals surface area contributed by atoms with Crippen LogP contribution in [-0.2, 0) is 6.54 Å². The Morgan fingerprint density at radius 3 is 2.61 bits per heavy atom. The standard InChI is InChI=1S/C14H19Cl2NO/c1-14(2,3)17-10-11-5-6-13(12(16)9-11)18-8-4-7-15/h4-7,9,17H,8,10H2,1-3H3. The van der Waals surface area contributed by atoms with Gasteiger partial charge in [0.1, 0.15) is 12.4 Å². The van der Waals surface area contributed by atoms with Crippen molar-refractivity contribution in [2.24, 2.45) is 0 Å². The van der Waals surface area contributed by atoms with Crippen molar-refractivity contribution in [3.8, 4) is 5.75 Å². The number of halogens is 2. The van der Waals surface area contributed by atoms with E-state index in [4.69, 9.17) is 27.9 Å². The summed E-state index contributed by atoms with van der Waals surface area (Å²) in [5.41, 5.74) is 2.65. The van der Waals surface area contributed by atoms with E-state index in [0.717, 1.165) is 12.1 Å².